The van der Waals surface area contributed by atoms with Crippen molar-refractivity contribution in [2.75, 3.05) is 10.5 Å². The van der Waals surface area contributed by atoms with Gasteiger partial charge in [-0.1, -0.05) is 13.3 Å². The maximum absolute atomic E-state index is 12.0. The van der Waals surface area contributed by atoms with Crippen molar-refractivity contribution < 1.29 is 13.2 Å². The number of sulfonamides is 1. The SMILES string of the molecule is CCCCS(=O)(=O)Nc1ccc(Oc2cc(-n3cnc(C)c3C)nc(C)n2)cc1. The van der Waals surface area contributed by atoms with Crippen molar-refractivity contribution in [3.63, 3.8) is 0 Å². The Bertz CT molecular complexity index is 1090. The van der Waals surface area contributed by atoms with Gasteiger partial charge in [-0.15, -0.1) is 0 Å². The molecule has 0 aliphatic rings. The maximum atomic E-state index is 12.0. The lowest BCUT2D eigenvalue weighted by Gasteiger charge is -2.11. The second-order valence-corrected chi connectivity index (χ2v) is 8.64. The molecule has 0 aliphatic heterocycles. The molecule has 154 valence electrons. The molecule has 0 spiro atoms. The van der Waals surface area contributed by atoms with Crippen LogP contribution in [-0.2, 0) is 10.0 Å². The van der Waals surface area contributed by atoms with Gasteiger partial charge >= 0.3 is 0 Å². The van der Waals surface area contributed by atoms with Gasteiger partial charge in [0.1, 0.15) is 23.7 Å². The quantitative estimate of drug-likeness (QED) is 0.599. The number of imidazole rings is 1. The molecule has 29 heavy (non-hydrogen) atoms. The smallest absolute Gasteiger partial charge is 0.232 e. The van der Waals surface area contributed by atoms with Crippen LogP contribution in [0.1, 0.15) is 37.0 Å². The summed E-state index contributed by atoms with van der Waals surface area (Å²) in [5.41, 5.74) is 2.42. The number of nitrogens with one attached hydrogen (secondary N) is 1. The van der Waals surface area contributed by atoms with E-state index in [1.807, 2.05) is 25.3 Å². The van der Waals surface area contributed by atoms with Crippen LogP contribution in [0.5, 0.6) is 11.6 Å². The van der Waals surface area contributed by atoms with Gasteiger partial charge in [-0.3, -0.25) is 9.29 Å². The average molecular weight is 416 g/mol. The standard InChI is InChI=1S/C20H25N5O3S/c1-5-6-11-29(26,27)24-17-7-9-18(10-8-17)28-20-12-19(22-16(4)23-20)25-13-21-14(2)15(25)3/h7-10,12-13,24H,5-6,11H2,1-4H3. The van der Waals surface area contributed by atoms with Gasteiger partial charge in [0.15, 0.2) is 0 Å². The summed E-state index contributed by atoms with van der Waals surface area (Å²) in [5.74, 6) is 2.30. The van der Waals surface area contributed by atoms with Gasteiger partial charge in [-0.05, 0) is 51.5 Å². The zero-order valence-electron chi connectivity index (χ0n) is 17.0. The van der Waals surface area contributed by atoms with Gasteiger partial charge < -0.3 is 4.74 Å². The fourth-order valence-electron chi connectivity index (χ4n) is 2.71. The molecule has 0 saturated heterocycles. The molecule has 2 heterocycles. The number of rotatable bonds is 8. The third kappa shape index (κ3) is 5.32. The molecular formula is C20H25N5O3S. The van der Waals surface area contributed by atoms with Gasteiger partial charge in [0.2, 0.25) is 15.9 Å². The first-order valence-corrected chi connectivity index (χ1v) is 11.1. The number of hydrogen-bond donors (Lipinski definition) is 1. The van der Waals surface area contributed by atoms with E-state index in [9.17, 15) is 8.42 Å². The molecule has 0 fully saturated rings. The molecule has 9 heteroatoms. The van der Waals surface area contributed by atoms with E-state index < -0.39 is 10.0 Å². The van der Waals surface area contributed by atoms with Crippen LogP contribution in [0, 0.1) is 20.8 Å². The molecule has 1 N–H and O–H groups in total. The first-order chi connectivity index (χ1) is 13.8. The number of nitrogens with zero attached hydrogens (tertiary/aromatic N) is 4. The summed E-state index contributed by atoms with van der Waals surface area (Å²) in [6.07, 6.45) is 3.17. The minimum Gasteiger partial charge on any atom is -0.439 e. The van der Waals surface area contributed by atoms with Crippen LogP contribution in [0.25, 0.3) is 5.82 Å². The molecule has 0 atom stereocenters. The molecule has 0 aliphatic carbocycles. The first-order valence-electron chi connectivity index (χ1n) is 9.42. The van der Waals surface area contributed by atoms with Gasteiger partial charge in [0.05, 0.1) is 11.4 Å². The van der Waals surface area contributed by atoms with Crippen LogP contribution in [-0.4, -0.2) is 33.7 Å². The maximum Gasteiger partial charge on any atom is 0.232 e. The lowest BCUT2D eigenvalue weighted by Crippen LogP contribution is -2.16. The van der Waals surface area contributed by atoms with E-state index in [0.717, 1.165) is 17.8 Å². The third-order valence-electron chi connectivity index (χ3n) is 4.42. The summed E-state index contributed by atoms with van der Waals surface area (Å²) in [6.45, 7) is 7.66. The van der Waals surface area contributed by atoms with Gasteiger partial charge in [0.25, 0.3) is 0 Å². The highest BCUT2D eigenvalue weighted by Gasteiger charge is 2.11. The predicted octanol–water partition coefficient (Wildman–Crippen LogP) is 3.92. The molecule has 3 aromatic rings. The van der Waals surface area contributed by atoms with Crippen molar-refractivity contribution >= 4 is 15.7 Å². The Hall–Kier alpha value is -2.94. The zero-order valence-corrected chi connectivity index (χ0v) is 17.8. The summed E-state index contributed by atoms with van der Waals surface area (Å²) in [6, 6.07) is 8.46. The Morgan fingerprint density at radius 3 is 2.45 bits per heavy atom. The molecule has 0 radical (unpaired) electrons. The molecule has 8 nitrogen and oxygen atoms in total. The summed E-state index contributed by atoms with van der Waals surface area (Å²) in [4.78, 5) is 13.1. The number of aryl methyl sites for hydroxylation is 2. The van der Waals surface area contributed by atoms with Gasteiger partial charge in [0, 0.05) is 17.4 Å². The number of ether oxygens (including phenoxy) is 1. The van der Waals surface area contributed by atoms with E-state index in [1.165, 1.54) is 0 Å². The molecular weight excluding hydrogens is 390 g/mol. The number of unbranched alkanes of at least 4 members (excludes halogenated alkanes) is 1. The van der Waals surface area contributed by atoms with Crippen molar-refractivity contribution in [3.8, 4) is 17.4 Å². The largest absolute Gasteiger partial charge is 0.439 e. The van der Waals surface area contributed by atoms with E-state index in [0.29, 0.717) is 35.4 Å². The van der Waals surface area contributed by atoms with Crippen LogP contribution in [0.15, 0.2) is 36.7 Å². The molecule has 0 amide bonds. The van der Waals surface area contributed by atoms with E-state index in [-0.39, 0.29) is 5.75 Å². The van der Waals surface area contributed by atoms with Crippen molar-refractivity contribution in [1.82, 2.24) is 19.5 Å². The highest BCUT2D eigenvalue weighted by Crippen LogP contribution is 2.24. The highest BCUT2D eigenvalue weighted by molar-refractivity contribution is 7.92. The van der Waals surface area contributed by atoms with Gasteiger partial charge in [-0.2, -0.15) is 4.98 Å². The molecule has 0 saturated carbocycles. The zero-order chi connectivity index (χ0) is 21.0. The summed E-state index contributed by atoms with van der Waals surface area (Å²) in [5, 5.41) is 0. The predicted molar refractivity (Wildman–Crippen MR) is 112 cm³/mol. The Kier molecular flexibility index (Phi) is 6.17. The Morgan fingerprint density at radius 2 is 1.83 bits per heavy atom. The third-order valence-corrected chi connectivity index (χ3v) is 5.79. The fraction of sp³-hybridized carbons (Fsp3) is 0.350. The minimum atomic E-state index is -3.33. The number of aromatic nitrogens is 4. The van der Waals surface area contributed by atoms with Gasteiger partial charge in [-0.25, -0.2) is 18.4 Å². The lowest BCUT2D eigenvalue weighted by atomic mass is 10.3. The molecule has 0 bridgehead atoms. The minimum absolute atomic E-state index is 0.109. The average Bonchev–Trinajstić information content (AvgIpc) is 3.00. The monoisotopic (exact) mass is 415 g/mol. The molecule has 0 unspecified atom stereocenters. The van der Waals surface area contributed by atoms with Crippen LogP contribution >= 0.6 is 0 Å². The number of anilines is 1. The Morgan fingerprint density at radius 1 is 1.10 bits per heavy atom. The van der Waals surface area contributed by atoms with Crippen molar-refractivity contribution in [1.29, 1.82) is 0 Å². The van der Waals surface area contributed by atoms with Crippen molar-refractivity contribution in [2.24, 2.45) is 0 Å². The summed E-state index contributed by atoms with van der Waals surface area (Å²) in [7, 11) is -3.33. The van der Waals surface area contributed by atoms with Crippen LogP contribution in [0.4, 0.5) is 5.69 Å². The van der Waals surface area contributed by atoms with E-state index in [1.54, 1.807) is 43.6 Å². The second kappa shape index (κ2) is 8.60. The second-order valence-electron chi connectivity index (χ2n) is 6.80. The van der Waals surface area contributed by atoms with Crippen LogP contribution < -0.4 is 9.46 Å². The van der Waals surface area contributed by atoms with E-state index in [2.05, 4.69) is 19.7 Å². The summed E-state index contributed by atoms with van der Waals surface area (Å²) >= 11 is 0. The lowest BCUT2D eigenvalue weighted by molar-refractivity contribution is 0.459. The Labute approximate surface area is 171 Å². The van der Waals surface area contributed by atoms with Crippen LogP contribution in [0.3, 0.4) is 0 Å². The topological polar surface area (TPSA) is 99.0 Å². The number of benzene rings is 1. The van der Waals surface area contributed by atoms with Crippen LogP contribution in [0.2, 0.25) is 0 Å². The first kappa shape index (κ1) is 20.8. The summed E-state index contributed by atoms with van der Waals surface area (Å²) < 4.78 is 34.3. The molecule has 1 aromatic carbocycles. The van der Waals surface area contributed by atoms with E-state index >= 15 is 0 Å². The van der Waals surface area contributed by atoms with Crippen molar-refractivity contribution in [2.45, 2.75) is 40.5 Å². The fourth-order valence-corrected chi connectivity index (χ4v) is 3.97. The molecule has 2 aromatic heterocycles. The Balaban J connectivity index is 1.76. The van der Waals surface area contributed by atoms with E-state index in [4.69, 9.17) is 4.74 Å². The molecule has 3 rings (SSSR count). The normalized spacial score (nSPS) is 11.4. The van der Waals surface area contributed by atoms with Crippen molar-refractivity contribution in [3.05, 3.63) is 53.9 Å². The number of hydrogen-bond acceptors (Lipinski definition) is 6. The highest BCUT2D eigenvalue weighted by atomic mass is 32.2.